The Balaban J connectivity index is 1.96. The summed E-state index contributed by atoms with van der Waals surface area (Å²) in [6.07, 6.45) is 3.63. The average Bonchev–Trinajstić information content (AvgIpc) is 3.17. The highest BCUT2D eigenvalue weighted by Crippen LogP contribution is 2.38. The van der Waals surface area contributed by atoms with E-state index in [-0.39, 0.29) is 11.5 Å². The quantitative estimate of drug-likeness (QED) is 0.455. The number of hydrogen-bond acceptors (Lipinski definition) is 5. The van der Waals surface area contributed by atoms with Gasteiger partial charge in [-0.05, 0) is 37.2 Å². The van der Waals surface area contributed by atoms with Gasteiger partial charge in [0.15, 0.2) is 17.3 Å². The summed E-state index contributed by atoms with van der Waals surface area (Å²) < 4.78 is 1.97. The molecule has 1 aliphatic rings. The van der Waals surface area contributed by atoms with Gasteiger partial charge in [-0.25, -0.2) is 0 Å². The highest BCUT2D eigenvalue weighted by atomic mass is 32.1. The third-order valence-corrected chi connectivity index (χ3v) is 3.24. The van der Waals surface area contributed by atoms with Crippen molar-refractivity contribution in [3.05, 3.63) is 34.4 Å². The predicted octanol–water partition coefficient (Wildman–Crippen LogP) is 2.11. The van der Waals surface area contributed by atoms with Crippen LogP contribution < -0.4 is 0 Å². The summed E-state index contributed by atoms with van der Waals surface area (Å²) in [7, 11) is 0. The summed E-state index contributed by atoms with van der Waals surface area (Å²) in [6, 6.07) is 4.69. The first-order valence-electron chi connectivity index (χ1n) is 5.89. The Labute approximate surface area is 114 Å². The zero-order valence-electron chi connectivity index (χ0n) is 9.95. The number of nitrogens with zero attached hydrogens (tertiary/aromatic N) is 3. The molecule has 0 bridgehead atoms. The van der Waals surface area contributed by atoms with Crippen molar-refractivity contribution in [2.75, 3.05) is 0 Å². The minimum atomic E-state index is -0.200. The Morgan fingerprint density at radius 2 is 2.21 bits per heavy atom. The second-order valence-electron chi connectivity index (χ2n) is 4.43. The molecule has 0 radical (unpaired) electrons. The van der Waals surface area contributed by atoms with Crippen LogP contribution in [0.25, 0.3) is 0 Å². The molecule has 6 nitrogen and oxygen atoms in total. The van der Waals surface area contributed by atoms with Crippen LogP contribution in [0, 0.1) is 4.77 Å². The average molecular weight is 276 g/mol. The second-order valence-corrected chi connectivity index (χ2v) is 4.82. The second kappa shape index (κ2) is 4.51. The van der Waals surface area contributed by atoms with Crippen LogP contribution in [0.5, 0.6) is 11.5 Å². The number of phenols is 2. The smallest absolute Gasteiger partial charge is 0.216 e. The van der Waals surface area contributed by atoms with Crippen LogP contribution >= 0.6 is 12.2 Å². The first kappa shape index (κ1) is 11.9. The van der Waals surface area contributed by atoms with Crippen LogP contribution in [0.15, 0.2) is 23.3 Å². The van der Waals surface area contributed by atoms with Crippen molar-refractivity contribution in [1.82, 2.24) is 14.9 Å². The molecule has 0 saturated heterocycles. The van der Waals surface area contributed by atoms with Gasteiger partial charge in [0.1, 0.15) is 0 Å². The maximum absolute atomic E-state index is 9.69. The Bertz CT molecular complexity index is 700. The number of hydrogen-bond donors (Lipinski definition) is 3. The lowest BCUT2D eigenvalue weighted by atomic mass is 10.2. The van der Waals surface area contributed by atoms with Gasteiger partial charge in [-0.2, -0.15) is 14.9 Å². The van der Waals surface area contributed by atoms with Crippen molar-refractivity contribution in [3.8, 4) is 11.5 Å². The van der Waals surface area contributed by atoms with Crippen molar-refractivity contribution in [2.45, 2.75) is 18.8 Å². The van der Waals surface area contributed by atoms with Gasteiger partial charge in [0.2, 0.25) is 4.77 Å². The number of phenolic OH excluding ortho intramolecular Hbond substituents is 2. The third-order valence-electron chi connectivity index (χ3n) is 2.98. The van der Waals surface area contributed by atoms with E-state index in [2.05, 4.69) is 15.3 Å². The van der Waals surface area contributed by atoms with Gasteiger partial charge in [-0.3, -0.25) is 5.10 Å². The molecule has 3 N–H and O–H groups in total. The number of aromatic amines is 1. The number of para-hydroxylation sites is 1. The molecule has 0 aliphatic heterocycles. The summed E-state index contributed by atoms with van der Waals surface area (Å²) in [5.74, 6) is 0.833. The molecular formula is C12H12N4O2S. The van der Waals surface area contributed by atoms with E-state index in [1.807, 2.05) is 0 Å². The first-order valence-corrected chi connectivity index (χ1v) is 6.30. The molecule has 1 aromatic carbocycles. The minimum absolute atomic E-state index is 0.179. The van der Waals surface area contributed by atoms with E-state index in [0.717, 1.165) is 18.7 Å². The van der Waals surface area contributed by atoms with Crippen LogP contribution in [0.3, 0.4) is 0 Å². The fourth-order valence-corrected chi connectivity index (χ4v) is 1.98. The molecule has 1 fully saturated rings. The molecule has 0 amide bonds. The van der Waals surface area contributed by atoms with E-state index in [1.54, 1.807) is 16.8 Å². The SMILES string of the molecule is Oc1cccc(/C=N/n2c(C3CC3)n[nH]c2=S)c1O. The van der Waals surface area contributed by atoms with E-state index in [0.29, 0.717) is 16.3 Å². The standard InChI is InChI=1S/C12H12N4O2S/c17-9-3-1-2-8(10(9)18)6-13-16-11(7-4-5-7)14-15-12(16)19/h1-3,6-7,17-18H,4-5H2,(H,15,19)/b13-6+. The molecule has 1 heterocycles. The van der Waals surface area contributed by atoms with Crippen LogP contribution in [0.2, 0.25) is 0 Å². The van der Waals surface area contributed by atoms with Crippen molar-refractivity contribution in [3.63, 3.8) is 0 Å². The van der Waals surface area contributed by atoms with Gasteiger partial charge in [-0.1, -0.05) is 6.07 Å². The Kier molecular flexibility index (Phi) is 2.83. The van der Waals surface area contributed by atoms with Gasteiger partial charge >= 0.3 is 0 Å². The van der Waals surface area contributed by atoms with Crippen molar-refractivity contribution in [2.24, 2.45) is 5.10 Å². The topological polar surface area (TPSA) is 86.4 Å². The molecule has 0 spiro atoms. The van der Waals surface area contributed by atoms with Gasteiger partial charge in [0, 0.05) is 11.5 Å². The fourth-order valence-electron chi connectivity index (χ4n) is 1.79. The van der Waals surface area contributed by atoms with E-state index in [9.17, 15) is 10.2 Å². The molecule has 0 unspecified atom stereocenters. The summed E-state index contributed by atoms with van der Waals surface area (Å²) in [5, 5.41) is 30.2. The van der Waals surface area contributed by atoms with E-state index in [1.165, 1.54) is 12.3 Å². The molecular weight excluding hydrogens is 264 g/mol. The highest BCUT2D eigenvalue weighted by Gasteiger charge is 2.29. The summed E-state index contributed by atoms with van der Waals surface area (Å²) >= 11 is 5.11. The van der Waals surface area contributed by atoms with E-state index < -0.39 is 0 Å². The van der Waals surface area contributed by atoms with Gasteiger partial charge in [-0.15, -0.1) is 0 Å². The molecule has 19 heavy (non-hydrogen) atoms. The molecule has 1 aliphatic carbocycles. The number of nitrogens with one attached hydrogen (secondary N) is 1. The normalized spacial score (nSPS) is 15.2. The van der Waals surface area contributed by atoms with Crippen LogP contribution in [-0.4, -0.2) is 31.3 Å². The largest absolute Gasteiger partial charge is 0.504 e. The Morgan fingerprint density at radius 3 is 2.95 bits per heavy atom. The molecule has 2 aromatic rings. The van der Waals surface area contributed by atoms with Crippen LogP contribution in [0.1, 0.15) is 30.1 Å². The number of benzene rings is 1. The summed E-state index contributed by atoms with van der Waals surface area (Å²) in [6.45, 7) is 0. The Morgan fingerprint density at radius 1 is 1.42 bits per heavy atom. The zero-order chi connectivity index (χ0) is 13.4. The predicted molar refractivity (Wildman–Crippen MR) is 72.2 cm³/mol. The molecule has 1 aromatic heterocycles. The van der Waals surface area contributed by atoms with Crippen LogP contribution in [0.4, 0.5) is 0 Å². The van der Waals surface area contributed by atoms with E-state index >= 15 is 0 Å². The minimum Gasteiger partial charge on any atom is -0.504 e. The van der Waals surface area contributed by atoms with Crippen molar-refractivity contribution >= 4 is 18.4 Å². The van der Waals surface area contributed by atoms with Gasteiger partial charge in [0.05, 0.1) is 6.21 Å². The van der Waals surface area contributed by atoms with Gasteiger partial charge in [0.25, 0.3) is 0 Å². The lowest BCUT2D eigenvalue weighted by molar-refractivity contribution is 0.403. The maximum atomic E-state index is 9.69. The van der Waals surface area contributed by atoms with Crippen molar-refractivity contribution < 1.29 is 10.2 Å². The summed E-state index contributed by atoms with van der Waals surface area (Å²) in [4.78, 5) is 0. The molecule has 7 heteroatoms. The van der Waals surface area contributed by atoms with E-state index in [4.69, 9.17) is 12.2 Å². The molecule has 0 atom stereocenters. The third kappa shape index (κ3) is 2.24. The highest BCUT2D eigenvalue weighted by molar-refractivity contribution is 7.71. The first-order chi connectivity index (χ1) is 9.16. The molecule has 1 saturated carbocycles. The number of aromatic hydroxyl groups is 2. The molecule has 98 valence electrons. The summed E-state index contributed by atoms with van der Waals surface area (Å²) in [5.41, 5.74) is 0.421. The number of aromatic nitrogens is 3. The molecule has 3 rings (SSSR count). The number of H-pyrrole nitrogens is 1. The van der Waals surface area contributed by atoms with Crippen molar-refractivity contribution in [1.29, 1.82) is 0 Å². The Hall–Kier alpha value is -2.15. The van der Waals surface area contributed by atoms with Crippen LogP contribution in [-0.2, 0) is 0 Å². The zero-order valence-corrected chi connectivity index (χ0v) is 10.8. The lowest BCUT2D eigenvalue weighted by Crippen LogP contribution is -1.97. The maximum Gasteiger partial charge on any atom is 0.216 e. The number of rotatable bonds is 3. The monoisotopic (exact) mass is 276 g/mol. The lowest BCUT2D eigenvalue weighted by Gasteiger charge is -2.01. The fraction of sp³-hybridized carbons (Fsp3) is 0.250. The van der Waals surface area contributed by atoms with Gasteiger partial charge < -0.3 is 10.2 Å².